The van der Waals surface area contributed by atoms with Crippen LogP contribution in [0.25, 0.3) is 11.5 Å². The molecule has 2 aromatic rings. The first-order valence-electron chi connectivity index (χ1n) is 5.74. The van der Waals surface area contributed by atoms with Crippen LogP contribution in [0.5, 0.6) is 11.5 Å². The van der Waals surface area contributed by atoms with Crippen LogP contribution in [-0.2, 0) is 6.54 Å². The summed E-state index contributed by atoms with van der Waals surface area (Å²) in [5.41, 5.74) is 0.828. The van der Waals surface area contributed by atoms with Gasteiger partial charge in [-0.3, -0.25) is 0 Å². The van der Waals surface area contributed by atoms with Crippen molar-refractivity contribution in [3.63, 3.8) is 0 Å². The number of rotatable bonds is 3. The molecule has 94 valence electrons. The minimum Gasteiger partial charge on any atom is -0.486 e. The topological polar surface area (TPSA) is 69.4 Å². The van der Waals surface area contributed by atoms with E-state index in [9.17, 15) is 0 Å². The second kappa shape index (κ2) is 4.66. The fraction of sp³-hybridized carbons (Fsp3) is 0.333. The van der Waals surface area contributed by atoms with Crippen molar-refractivity contribution >= 4 is 0 Å². The van der Waals surface area contributed by atoms with Crippen molar-refractivity contribution in [2.75, 3.05) is 20.3 Å². The Morgan fingerprint density at radius 2 is 2.00 bits per heavy atom. The van der Waals surface area contributed by atoms with Gasteiger partial charge >= 0.3 is 0 Å². The third-order valence-corrected chi connectivity index (χ3v) is 2.58. The van der Waals surface area contributed by atoms with Crippen molar-refractivity contribution in [3.05, 3.63) is 24.1 Å². The van der Waals surface area contributed by atoms with Gasteiger partial charge in [0.1, 0.15) is 13.2 Å². The van der Waals surface area contributed by atoms with Crippen LogP contribution in [0.2, 0.25) is 0 Å². The van der Waals surface area contributed by atoms with E-state index in [1.807, 2.05) is 25.2 Å². The smallest absolute Gasteiger partial charge is 0.247 e. The van der Waals surface area contributed by atoms with Gasteiger partial charge in [0.05, 0.1) is 6.54 Å². The monoisotopic (exact) mass is 247 g/mol. The Balaban J connectivity index is 1.91. The lowest BCUT2D eigenvalue weighted by Gasteiger charge is -2.18. The van der Waals surface area contributed by atoms with Crippen LogP contribution in [-0.4, -0.2) is 30.5 Å². The Morgan fingerprint density at radius 3 is 2.83 bits per heavy atom. The van der Waals surface area contributed by atoms with Crippen LogP contribution in [0.15, 0.2) is 22.6 Å². The van der Waals surface area contributed by atoms with Gasteiger partial charge in [0.15, 0.2) is 11.5 Å². The Kier molecular flexibility index (Phi) is 2.85. The largest absolute Gasteiger partial charge is 0.486 e. The Morgan fingerprint density at radius 1 is 1.17 bits per heavy atom. The molecule has 6 heteroatoms. The molecule has 3 rings (SSSR count). The zero-order valence-electron chi connectivity index (χ0n) is 9.97. The lowest BCUT2D eigenvalue weighted by molar-refractivity contribution is 0.171. The molecule has 1 aliphatic rings. The molecule has 1 N–H and O–H groups in total. The number of hydrogen-bond acceptors (Lipinski definition) is 6. The van der Waals surface area contributed by atoms with Gasteiger partial charge in [-0.15, -0.1) is 10.2 Å². The lowest BCUT2D eigenvalue weighted by Crippen LogP contribution is -2.15. The highest BCUT2D eigenvalue weighted by Gasteiger charge is 2.15. The van der Waals surface area contributed by atoms with E-state index in [1.54, 1.807) is 0 Å². The molecule has 0 spiro atoms. The maximum absolute atomic E-state index is 5.52. The molecule has 18 heavy (non-hydrogen) atoms. The zero-order chi connectivity index (χ0) is 12.4. The Hall–Kier alpha value is -2.08. The van der Waals surface area contributed by atoms with Crippen molar-refractivity contribution in [1.29, 1.82) is 0 Å². The summed E-state index contributed by atoms with van der Waals surface area (Å²) in [5.74, 6) is 2.51. The zero-order valence-corrected chi connectivity index (χ0v) is 9.97. The normalized spacial score (nSPS) is 13.6. The van der Waals surface area contributed by atoms with Gasteiger partial charge in [-0.05, 0) is 25.2 Å². The first kappa shape index (κ1) is 11.0. The van der Waals surface area contributed by atoms with E-state index in [1.165, 1.54) is 0 Å². The number of fused-ring (bicyclic) bond motifs is 1. The molecule has 0 amide bonds. The van der Waals surface area contributed by atoms with Crippen molar-refractivity contribution < 1.29 is 13.9 Å². The van der Waals surface area contributed by atoms with Crippen molar-refractivity contribution in [3.8, 4) is 23.0 Å². The van der Waals surface area contributed by atoms with Crippen molar-refractivity contribution in [1.82, 2.24) is 15.5 Å². The second-order valence-electron chi connectivity index (χ2n) is 3.89. The average molecular weight is 247 g/mol. The summed E-state index contributed by atoms with van der Waals surface area (Å²) in [6, 6.07) is 5.58. The molecule has 0 atom stereocenters. The van der Waals surface area contributed by atoms with Crippen LogP contribution in [0.3, 0.4) is 0 Å². The van der Waals surface area contributed by atoms with Crippen molar-refractivity contribution in [2.24, 2.45) is 0 Å². The van der Waals surface area contributed by atoms with Gasteiger partial charge in [-0.25, -0.2) is 0 Å². The minimum absolute atomic E-state index is 0.484. The van der Waals surface area contributed by atoms with E-state index in [0.29, 0.717) is 37.3 Å². The predicted molar refractivity (Wildman–Crippen MR) is 63.5 cm³/mol. The van der Waals surface area contributed by atoms with E-state index < -0.39 is 0 Å². The molecule has 1 aromatic carbocycles. The molecule has 6 nitrogen and oxygen atoms in total. The molecule has 1 aromatic heterocycles. The molecular formula is C12H13N3O3. The molecule has 2 heterocycles. The molecule has 0 fully saturated rings. The summed E-state index contributed by atoms with van der Waals surface area (Å²) in [7, 11) is 1.83. The number of aromatic nitrogens is 2. The molecule has 0 bridgehead atoms. The predicted octanol–water partition coefficient (Wildman–Crippen LogP) is 1.23. The summed E-state index contributed by atoms with van der Waals surface area (Å²) in [6.07, 6.45) is 0. The van der Waals surface area contributed by atoms with Gasteiger partial charge in [0.2, 0.25) is 11.8 Å². The number of nitrogens with one attached hydrogen (secondary N) is 1. The second-order valence-corrected chi connectivity index (χ2v) is 3.89. The third kappa shape index (κ3) is 2.02. The van der Waals surface area contributed by atoms with E-state index >= 15 is 0 Å². The van der Waals surface area contributed by atoms with Crippen LogP contribution in [0, 0.1) is 0 Å². The van der Waals surface area contributed by atoms with E-state index in [0.717, 1.165) is 11.3 Å². The third-order valence-electron chi connectivity index (χ3n) is 2.58. The van der Waals surface area contributed by atoms with Gasteiger partial charge in [-0.2, -0.15) is 0 Å². The van der Waals surface area contributed by atoms with Crippen molar-refractivity contribution in [2.45, 2.75) is 6.54 Å². The molecule has 0 radical (unpaired) electrons. The lowest BCUT2D eigenvalue weighted by atomic mass is 10.2. The van der Waals surface area contributed by atoms with E-state index in [2.05, 4.69) is 15.5 Å². The fourth-order valence-corrected chi connectivity index (χ4v) is 1.77. The standard InChI is InChI=1S/C12H13N3O3/c1-13-7-11-14-15-12(18-11)8-2-3-9-10(6-8)17-5-4-16-9/h2-3,6,13H,4-5,7H2,1H3. The van der Waals surface area contributed by atoms with Gasteiger partial charge < -0.3 is 19.2 Å². The highest BCUT2D eigenvalue weighted by atomic mass is 16.6. The molecule has 0 aliphatic carbocycles. The van der Waals surface area contributed by atoms with Gasteiger partial charge in [0.25, 0.3) is 0 Å². The highest BCUT2D eigenvalue weighted by Crippen LogP contribution is 2.33. The van der Waals surface area contributed by atoms with Crippen LogP contribution >= 0.6 is 0 Å². The number of benzene rings is 1. The van der Waals surface area contributed by atoms with Gasteiger partial charge in [0, 0.05) is 5.56 Å². The first-order chi connectivity index (χ1) is 8.86. The molecule has 0 saturated carbocycles. The molecule has 0 unspecified atom stereocenters. The summed E-state index contributed by atoms with van der Waals surface area (Å²) >= 11 is 0. The SMILES string of the molecule is CNCc1nnc(-c2ccc3c(c2)OCCO3)o1. The number of hydrogen-bond donors (Lipinski definition) is 1. The Bertz CT molecular complexity index is 553. The maximum atomic E-state index is 5.52. The number of nitrogens with zero attached hydrogens (tertiary/aromatic N) is 2. The van der Waals surface area contributed by atoms with Crippen LogP contribution < -0.4 is 14.8 Å². The quantitative estimate of drug-likeness (QED) is 0.879. The average Bonchev–Trinajstić information content (AvgIpc) is 2.87. The van der Waals surface area contributed by atoms with Gasteiger partial charge in [-0.1, -0.05) is 0 Å². The number of ether oxygens (including phenoxy) is 2. The summed E-state index contributed by atoms with van der Waals surface area (Å²) < 4.78 is 16.5. The minimum atomic E-state index is 0.484. The van der Waals surface area contributed by atoms with E-state index in [-0.39, 0.29) is 0 Å². The summed E-state index contributed by atoms with van der Waals surface area (Å²) in [5, 5.41) is 10.9. The summed E-state index contributed by atoms with van der Waals surface area (Å²) in [6.45, 7) is 1.70. The summed E-state index contributed by atoms with van der Waals surface area (Å²) in [4.78, 5) is 0. The van der Waals surface area contributed by atoms with Crippen LogP contribution in [0.1, 0.15) is 5.89 Å². The Labute approximate surface area is 104 Å². The fourth-order valence-electron chi connectivity index (χ4n) is 1.77. The molecular weight excluding hydrogens is 234 g/mol. The van der Waals surface area contributed by atoms with E-state index in [4.69, 9.17) is 13.9 Å². The van der Waals surface area contributed by atoms with Crippen LogP contribution in [0.4, 0.5) is 0 Å². The molecule has 1 aliphatic heterocycles. The highest BCUT2D eigenvalue weighted by molar-refractivity contribution is 5.59. The maximum Gasteiger partial charge on any atom is 0.247 e. The molecule has 0 saturated heterocycles. The first-order valence-corrected chi connectivity index (χ1v) is 5.74.